The number of aromatic amines is 1. The molecule has 0 spiro atoms. The average molecular weight is 292 g/mol. The van der Waals surface area contributed by atoms with E-state index in [-0.39, 0.29) is 18.6 Å². The zero-order valence-corrected chi connectivity index (χ0v) is 12.6. The monoisotopic (exact) mass is 292 g/mol. The maximum atomic E-state index is 12.5. The van der Waals surface area contributed by atoms with Crippen LogP contribution in [-0.2, 0) is 0 Å². The number of rotatable bonds is 6. The van der Waals surface area contributed by atoms with Gasteiger partial charge in [-0.25, -0.2) is 0 Å². The van der Waals surface area contributed by atoms with Gasteiger partial charge in [-0.05, 0) is 25.7 Å². The first-order chi connectivity index (χ1) is 9.67. The Bertz CT molecular complexity index is 589. The fourth-order valence-electron chi connectivity index (χ4n) is 2.38. The lowest BCUT2D eigenvalue weighted by Crippen LogP contribution is -2.37. The Hall–Kier alpha value is -1.46. The number of aliphatic hydroxyl groups excluding tert-OH is 1. The summed E-state index contributed by atoms with van der Waals surface area (Å²) in [6.45, 7) is 1.99. The maximum absolute atomic E-state index is 12.5. The number of H-pyrrole nitrogens is 1. The lowest BCUT2D eigenvalue weighted by molar-refractivity contribution is 0.0936. The number of amides is 1. The van der Waals surface area contributed by atoms with Crippen LogP contribution in [0.2, 0.25) is 0 Å². The number of hydrogen-bond acceptors (Lipinski definition) is 3. The van der Waals surface area contributed by atoms with E-state index >= 15 is 0 Å². The van der Waals surface area contributed by atoms with Gasteiger partial charge in [0.1, 0.15) is 0 Å². The van der Waals surface area contributed by atoms with Crippen molar-refractivity contribution in [1.29, 1.82) is 0 Å². The lowest BCUT2D eigenvalue weighted by Gasteiger charge is -2.16. The Morgan fingerprint density at radius 1 is 1.45 bits per heavy atom. The van der Waals surface area contributed by atoms with E-state index in [1.165, 1.54) is 0 Å². The van der Waals surface area contributed by atoms with Crippen molar-refractivity contribution in [3.63, 3.8) is 0 Å². The minimum absolute atomic E-state index is 0.00411. The summed E-state index contributed by atoms with van der Waals surface area (Å²) in [7, 11) is 0. The van der Waals surface area contributed by atoms with Gasteiger partial charge in [-0.3, -0.25) is 4.79 Å². The molecule has 0 fully saturated rings. The fourth-order valence-corrected chi connectivity index (χ4v) is 3.03. The standard InChI is InChI=1S/C15H20N2O2S/c1-10-14(12-5-3-4-6-13(12)16-10)15(19)17-11(7-8-18)9-20-2/h3-6,11,16,18H,7-9H2,1-2H3,(H,17,19). The first-order valence-corrected chi connectivity index (χ1v) is 8.04. The van der Waals surface area contributed by atoms with Crippen molar-refractivity contribution in [3.8, 4) is 0 Å². The molecule has 2 aromatic rings. The number of nitrogens with one attached hydrogen (secondary N) is 2. The van der Waals surface area contributed by atoms with Crippen molar-refractivity contribution in [1.82, 2.24) is 10.3 Å². The van der Waals surface area contributed by atoms with Crippen molar-refractivity contribution in [2.75, 3.05) is 18.6 Å². The van der Waals surface area contributed by atoms with Crippen LogP contribution in [0.4, 0.5) is 0 Å². The van der Waals surface area contributed by atoms with E-state index in [1.54, 1.807) is 11.8 Å². The average Bonchev–Trinajstić information content (AvgIpc) is 2.75. The molecule has 0 bridgehead atoms. The fraction of sp³-hybridized carbons (Fsp3) is 0.400. The minimum Gasteiger partial charge on any atom is -0.396 e. The normalized spacial score (nSPS) is 12.6. The molecule has 0 saturated carbocycles. The molecule has 5 heteroatoms. The van der Waals surface area contributed by atoms with E-state index in [0.717, 1.165) is 22.3 Å². The Kier molecular flexibility index (Phi) is 5.09. The van der Waals surface area contributed by atoms with Crippen molar-refractivity contribution in [3.05, 3.63) is 35.5 Å². The van der Waals surface area contributed by atoms with E-state index in [4.69, 9.17) is 5.11 Å². The van der Waals surface area contributed by atoms with Crippen molar-refractivity contribution >= 4 is 28.6 Å². The Morgan fingerprint density at radius 3 is 2.90 bits per heavy atom. The highest BCUT2D eigenvalue weighted by atomic mass is 32.2. The summed E-state index contributed by atoms with van der Waals surface area (Å²) in [6.07, 6.45) is 2.57. The van der Waals surface area contributed by atoms with Crippen molar-refractivity contribution < 1.29 is 9.90 Å². The molecule has 1 aromatic carbocycles. The second-order valence-electron chi connectivity index (χ2n) is 4.81. The second-order valence-corrected chi connectivity index (χ2v) is 5.72. The summed E-state index contributed by atoms with van der Waals surface area (Å²) in [5, 5.41) is 13.0. The molecule has 1 atom stereocenters. The van der Waals surface area contributed by atoms with E-state index in [1.807, 2.05) is 37.4 Å². The van der Waals surface area contributed by atoms with Gasteiger partial charge in [0.15, 0.2) is 0 Å². The number of aryl methyl sites for hydroxylation is 1. The van der Waals surface area contributed by atoms with Gasteiger partial charge in [0.05, 0.1) is 5.56 Å². The predicted molar refractivity (Wildman–Crippen MR) is 84.4 cm³/mol. The van der Waals surface area contributed by atoms with E-state index < -0.39 is 0 Å². The van der Waals surface area contributed by atoms with Crippen LogP contribution >= 0.6 is 11.8 Å². The van der Waals surface area contributed by atoms with Gasteiger partial charge in [-0.1, -0.05) is 18.2 Å². The highest BCUT2D eigenvalue weighted by molar-refractivity contribution is 7.98. The number of fused-ring (bicyclic) bond motifs is 1. The van der Waals surface area contributed by atoms with Gasteiger partial charge in [-0.2, -0.15) is 11.8 Å². The van der Waals surface area contributed by atoms with Crippen molar-refractivity contribution in [2.45, 2.75) is 19.4 Å². The molecule has 1 unspecified atom stereocenters. The van der Waals surface area contributed by atoms with E-state index in [9.17, 15) is 4.79 Å². The first kappa shape index (κ1) is 14.9. The third-order valence-corrected chi connectivity index (χ3v) is 4.04. The second kappa shape index (κ2) is 6.81. The van der Waals surface area contributed by atoms with Gasteiger partial charge in [0.25, 0.3) is 5.91 Å². The van der Waals surface area contributed by atoms with Gasteiger partial charge in [0, 0.05) is 35.0 Å². The summed E-state index contributed by atoms with van der Waals surface area (Å²) in [5.41, 5.74) is 2.54. The third kappa shape index (κ3) is 3.16. The van der Waals surface area contributed by atoms with Crippen LogP contribution in [0.3, 0.4) is 0 Å². The molecule has 0 aliphatic rings. The van der Waals surface area contributed by atoms with Crippen LogP contribution < -0.4 is 5.32 Å². The van der Waals surface area contributed by atoms with Crippen molar-refractivity contribution in [2.24, 2.45) is 0 Å². The molecular formula is C15H20N2O2S. The highest BCUT2D eigenvalue weighted by Gasteiger charge is 2.18. The Labute approximate surface area is 123 Å². The van der Waals surface area contributed by atoms with Crippen LogP contribution in [0.15, 0.2) is 24.3 Å². The summed E-state index contributed by atoms with van der Waals surface area (Å²) in [4.78, 5) is 15.7. The number of para-hydroxylation sites is 1. The molecule has 0 aliphatic carbocycles. The van der Waals surface area contributed by atoms with Gasteiger partial charge < -0.3 is 15.4 Å². The molecule has 0 radical (unpaired) electrons. The Morgan fingerprint density at radius 2 is 2.20 bits per heavy atom. The molecule has 0 saturated heterocycles. The summed E-state index contributed by atoms with van der Waals surface area (Å²) in [5.74, 6) is 0.723. The molecular weight excluding hydrogens is 272 g/mol. The van der Waals surface area contributed by atoms with E-state index in [2.05, 4.69) is 10.3 Å². The zero-order chi connectivity index (χ0) is 14.5. The smallest absolute Gasteiger partial charge is 0.253 e. The van der Waals surface area contributed by atoms with E-state index in [0.29, 0.717) is 12.0 Å². The SMILES string of the molecule is CSCC(CCO)NC(=O)c1c(C)[nH]c2ccccc12. The lowest BCUT2D eigenvalue weighted by atomic mass is 10.1. The molecule has 4 nitrogen and oxygen atoms in total. The molecule has 20 heavy (non-hydrogen) atoms. The first-order valence-electron chi connectivity index (χ1n) is 6.65. The van der Waals surface area contributed by atoms with Crippen LogP contribution in [0.25, 0.3) is 10.9 Å². The molecule has 3 N–H and O–H groups in total. The number of benzene rings is 1. The number of aliphatic hydroxyl groups is 1. The number of aromatic nitrogens is 1. The van der Waals surface area contributed by atoms with Gasteiger partial charge >= 0.3 is 0 Å². The quantitative estimate of drug-likeness (QED) is 0.765. The van der Waals surface area contributed by atoms with Crippen LogP contribution in [0.1, 0.15) is 22.5 Å². The topological polar surface area (TPSA) is 65.1 Å². The molecule has 1 heterocycles. The minimum atomic E-state index is -0.0764. The number of hydrogen-bond donors (Lipinski definition) is 3. The molecule has 1 amide bonds. The summed E-state index contributed by atoms with van der Waals surface area (Å²) < 4.78 is 0. The van der Waals surface area contributed by atoms with Crippen LogP contribution in [0, 0.1) is 6.92 Å². The van der Waals surface area contributed by atoms with Gasteiger partial charge in [0.2, 0.25) is 0 Å². The summed E-state index contributed by atoms with van der Waals surface area (Å²) in [6, 6.07) is 7.78. The molecule has 2 rings (SSSR count). The number of carbonyl (C=O) groups is 1. The predicted octanol–water partition coefficient (Wildman–Crippen LogP) is 2.32. The zero-order valence-electron chi connectivity index (χ0n) is 11.8. The molecule has 0 aliphatic heterocycles. The maximum Gasteiger partial charge on any atom is 0.253 e. The third-order valence-electron chi connectivity index (χ3n) is 3.30. The molecule has 1 aromatic heterocycles. The number of carbonyl (C=O) groups excluding carboxylic acids is 1. The highest BCUT2D eigenvalue weighted by Crippen LogP contribution is 2.22. The summed E-state index contributed by atoms with van der Waals surface area (Å²) >= 11 is 1.66. The van der Waals surface area contributed by atoms with Crippen LogP contribution in [-0.4, -0.2) is 40.7 Å². The Balaban J connectivity index is 2.24. The van der Waals surface area contributed by atoms with Crippen LogP contribution in [0.5, 0.6) is 0 Å². The largest absolute Gasteiger partial charge is 0.396 e. The molecule has 108 valence electrons. The van der Waals surface area contributed by atoms with Gasteiger partial charge in [-0.15, -0.1) is 0 Å². The number of thioether (sulfide) groups is 1.